The van der Waals surface area contributed by atoms with Gasteiger partial charge in [0, 0.05) is 24.1 Å². The van der Waals surface area contributed by atoms with Crippen molar-refractivity contribution in [2.45, 2.75) is 25.3 Å². The fraction of sp³-hybridized carbons (Fsp3) is 0.222. The van der Waals surface area contributed by atoms with Crippen LogP contribution in [-0.2, 0) is 16.6 Å². The molecule has 1 aliphatic carbocycles. The summed E-state index contributed by atoms with van der Waals surface area (Å²) in [5, 5.41) is 11.9. The van der Waals surface area contributed by atoms with Gasteiger partial charge < -0.3 is 19.4 Å². The molecule has 1 aliphatic rings. The molecule has 0 atom stereocenters. The first-order chi connectivity index (χ1) is 18.6. The van der Waals surface area contributed by atoms with Crippen molar-refractivity contribution in [3.63, 3.8) is 0 Å². The highest BCUT2D eigenvalue weighted by Crippen LogP contribution is 2.48. The lowest BCUT2D eigenvalue weighted by molar-refractivity contribution is 0.0964. The summed E-state index contributed by atoms with van der Waals surface area (Å²) >= 11 is 0. The van der Waals surface area contributed by atoms with Crippen molar-refractivity contribution >= 4 is 40.3 Å². The van der Waals surface area contributed by atoms with Gasteiger partial charge in [-0.1, -0.05) is 6.07 Å². The Morgan fingerprint density at radius 3 is 2.46 bits per heavy atom. The SMILES string of the molecule is CNC(=O)c1c(-c2ccc(F)cc2)oc2cc(N(Cc3ccc(O[B]O)c(F)c3)S(C)(=O)=O)c(C3CC3)cc12. The van der Waals surface area contributed by atoms with Crippen LogP contribution in [0, 0.1) is 11.6 Å². The van der Waals surface area contributed by atoms with Crippen molar-refractivity contribution in [1.82, 2.24) is 5.32 Å². The fourth-order valence-corrected chi connectivity index (χ4v) is 5.48. The molecule has 0 aliphatic heterocycles. The summed E-state index contributed by atoms with van der Waals surface area (Å²) in [5.41, 5.74) is 2.45. The van der Waals surface area contributed by atoms with Crippen LogP contribution in [0.3, 0.4) is 0 Å². The van der Waals surface area contributed by atoms with Crippen LogP contribution in [0.15, 0.2) is 59.0 Å². The lowest BCUT2D eigenvalue weighted by atomic mass is 10.00. The highest BCUT2D eigenvalue weighted by atomic mass is 32.2. The molecule has 1 aromatic heterocycles. The third-order valence-electron chi connectivity index (χ3n) is 6.59. The van der Waals surface area contributed by atoms with E-state index in [1.54, 1.807) is 12.1 Å². The van der Waals surface area contributed by atoms with Gasteiger partial charge in [-0.05, 0) is 72.4 Å². The monoisotopic (exact) mass is 553 g/mol. The lowest BCUT2D eigenvalue weighted by Gasteiger charge is -2.25. The molecule has 1 saturated carbocycles. The number of nitrogens with zero attached hydrogens (tertiary/aromatic N) is 1. The molecule has 5 rings (SSSR count). The van der Waals surface area contributed by atoms with Crippen molar-refractivity contribution in [2.75, 3.05) is 17.6 Å². The number of sulfonamides is 1. The molecule has 12 heteroatoms. The zero-order chi connectivity index (χ0) is 27.9. The average molecular weight is 553 g/mol. The molecule has 8 nitrogen and oxygen atoms in total. The molecule has 39 heavy (non-hydrogen) atoms. The van der Waals surface area contributed by atoms with E-state index in [-0.39, 0.29) is 35.1 Å². The number of rotatable bonds is 9. The molecule has 4 aromatic rings. The lowest BCUT2D eigenvalue weighted by Crippen LogP contribution is -2.30. The molecule has 1 heterocycles. The molecule has 0 saturated heterocycles. The molecule has 1 amide bonds. The van der Waals surface area contributed by atoms with Crippen molar-refractivity contribution in [1.29, 1.82) is 0 Å². The molecule has 1 fully saturated rings. The van der Waals surface area contributed by atoms with Crippen molar-refractivity contribution in [2.24, 2.45) is 0 Å². The molecule has 1 radical (unpaired) electrons. The number of furan rings is 1. The zero-order valence-electron chi connectivity index (χ0n) is 21.1. The molecule has 2 N–H and O–H groups in total. The maximum absolute atomic E-state index is 14.5. The second-order valence-corrected chi connectivity index (χ2v) is 11.2. The number of fused-ring (bicyclic) bond motifs is 1. The number of hydrogen-bond donors (Lipinski definition) is 2. The summed E-state index contributed by atoms with van der Waals surface area (Å²) in [4.78, 5) is 13.0. The maximum Gasteiger partial charge on any atom is 0.569 e. The minimum atomic E-state index is -3.86. The van der Waals surface area contributed by atoms with Crippen LogP contribution in [0.2, 0.25) is 0 Å². The predicted octanol–water partition coefficient (Wildman–Crippen LogP) is 4.49. The van der Waals surface area contributed by atoms with E-state index in [2.05, 4.69) is 5.32 Å². The topological polar surface area (TPSA) is 109 Å². The van der Waals surface area contributed by atoms with Gasteiger partial charge in [-0.3, -0.25) is 9.10 Å². The van der Waals surface area contributed by atoms with Crippen LogP contribution in [0.4, 0.5) is 14.5 Å². The Balaban J connectivity index is 1.68. The summed E-state index contributed by atoms with van der Waals surface area (Å²) in [6, 6.07) is 12.8. The van der Waals surface area contributed by atoms with Crippen LogP contribution >= 0.6 is 0 Å². The van der Waals surface area contributed by atoms with Crippen LogP contribution < -0.4 is 14.3 Å². The molecule has 201 valence electrons. The first-order valence-corrected chi connectivity index (χ1v) is 13.9. The average Bonchev–Trinajstić information content (AvgIpc) is 3.68. The maximum atomic E-state index is 14.5. The number of carbonyl (C=O) groups excluding carboxylic acids is 1. The number of nitrogens with one attached hydrogen (secondary N) is 1. The van der Waals surface area contributed by atoms with Crippen molar-refractivity contribution in [3.05, 3.63) is 82.9 Å². The van der Waals surface area contributed by atoms with E-state index in [0.29, 0.717) is 29.9 Å². The first kappa shape index (κ1) is 26.7. The molecular weight excluding hydrogens is 529 g/mol. The third-order valence-corrected chi connectivity index (χ3v) is 7.71. The number of halogens is 2. The number of benzene rings is 3. The Morgan fingerprint density at radius 2 is 1.87 bits per heavy atom. The van der Waals surface area contributed by atoms with Gasteiger partial charge in [0.05, 0.1) is 24.1 Å². The van der Waals surface area contributed by atoms with E-state index < -0.39 is 27.6 Å². The summed E-state index contributed by atoms with van der Waals surface area (Å²) < 4.78 is 66.1. The predicted molar refractivity (Wildman–Crippen MR) is 143 cm³/mol. The van der Waals surface area contributed by atoms with Crippen LogP contribution in [0.1, 0.15) is 40.2 Å². The highest BCUT2D eigenvalue weighted by Gasteiger charge is 2.33. The molecule has 0 bridgehead atoms. The van der Waals surface area contributed by atoms with Gasteiger partial charge in [0.1, 0.15) is 22.9 Å². The second-order valence-electron chi connectivity index (χ2n) is 9.33. The number of carbonyl (C=O) groups is 1. The Bertz CT molecular complexity index is 1670. The molecule has 3 aromatic carbocycles. The fourth-order valence-electron chi connectivity index (χ4n) is 4.58. The van der Waals surface area contributed by atoms with Crippen molar-refractivity contribution in [3.8, 4) is 17.1 Å². The summed E-state index contributed by atoms with van der Waals surface area (Å²) in [5.74, 6) is -1.52. The smallest absolute Gasteiger partial charge is 0.535 e. The zero-order valence-corrected chi connectivity index (χ0v) is 21.9. The second kappa shape index (κ2) is 10.3. The van der Waals surface area contributed by atoms with Gasteiger partial charge in [0.15, 0.2) is 5.82 Å². The van der Waals surface area contributed by atoms with E-state index in [1.807, 2.05) is 0 Å². The van der Waals surface area contributed by atoms with E-state index in [1.165, 1.54) is 47.8 Å². The summed E-state index contributed by atoms with van der Waals surface area (Å²) in [6.45, 7) is -0.183. The van der Waals surface area contributed by atoms with E-state index in [9.17, 15) is 22.0 Å². The number of anilines is 1. The summed E-state index contributed by atoms with van der Waals surface area (Å²) in [6.07, 6.45) is 2.74. The van der Waals surface area contributed by atoms with Gasteiger partial charge in [0.2, 0.25) is 10.0 Å². The summed E-state index contributed by atoms with van der Waals surface area (Å²) in [7, 11) is -2.01. The number of amides is 1. The van der Waals surface area contributed by atoms with Crippen LogP contribution in [0.5, 0.6) is 5.75 Å². The normalized spacial score (nSPS) is 13.4. The van der Waals surface area contributed by atoms with Gasteiger partial charge in [-0.25, -0.2) is 17.2 Å². The third kappa shape index (κ3) is 5.34. The Kier molecular flexibility index (Phi) is 7.08. The van der Waals surface area contributed by atoms with Gasteiger partial charge in [-0.15, -0.1) is 0 Å². The van der Waals surface area contributed by atoms with Gasteiger partial charge in [0.25, 0.3) is 5.91 Å². The van der Waals surface area contributed by atoms with Gasteiger partial charge in [-0.2, -0.15) is 0 Å². The van der Waals surface area contributed by atoms with E-state index in [4.69, 9.17) is 14.1 Å². The number of hydrogen-bond acceptors (Lipinski definition) is 6. The van der Waals surface area contributed by atoms with E-state index >= 15 is 0 Å². The van der Waals surface area contributed by atoms with Crippen LogP contribution in [0.25, 0.3) is 22.3 Å². The molecule has 0 spiro atoms. The highest BCUT2D eigenvalue weighted by molar-refractivity contribution is 7.92. The van der Waals surface area contributed by atoms with Crippen molar-refractivity contribution < 1.29 is 36.1 Å². The Labute approximate surface area is 224 Å². The quantitative estimate of drug-likeness (QED) is 0.296. The Morgan fingerprint density at radius 1 is 1.15 bits per heavy atom. The van der Waals surface area contributed by atoms with Crippen LogP contribution in [-0.4, -0.2) is 40.3 Å². The first-order valence-electron chi connectivity index (χ1n) is 12.1. The minimum absolute atomic E-state index is 0.0722. The molecular formula is C27H24BF2N2O6S. The minimum Gasteiger partial charge on any atom is -0.535 e. The van der Waals surface area contributed by atoms with E-state index in [0.717, 1.165) is 30.7 Å². The van der Waals surface area contributed by atoms with Gasteiger partial charge >= 0.3 is 7.69 Å². The Hall–Kier alpha value is -3.90. The molecule has 0 unspecified atom stereocenters. The largest absolute Gasteiger partial charge is 0.569 e. The standard InChI is InChI=1S/C27H24BF2N2O6S/c1-31-27(33)25-20-12-19(16-4-5-16)22(13-24(20)37-26(25)17-6-8-18(29)9-7-17)32(39(2,35)36)14-15-3-10-23(38-28-34)21(30)11-15/h3,6-13,16,34H,4-5,14H2,1-2H3,(H,31,33).